The first-order valence-electron chi connectivity index (χ1n) is 9.10. The van der Waals surface area contributed by atoms with Crippen LogP contribution in [0, 0.1) is 10.1 Å². The summed E-state index contributed by atoms with van der Waals surface area (Å²) in [6, 6.07) is 11.6. The van der Waals surface area contributed by atoms with Gasteiger partial charge in [-0.15, -0.1) is 0 Å². The first-order valence-corrected chi connectivity index (χ1v) is 9.48. The molecule has 1 aliphatic rings. The van der Waals surface area contributed by atoms with Crippen molar-refractivity contribution in [2.24, 2.45) is 0 Å². The van der Waals surface area contributed by atoms with E-state index >= 15 is 0 Å². The molecule has 1 heterocycles. The van der Waals surface area contributed by atoms with Gasteiger partial charge in [-0.1, -0.05) is 29.8 Å². The van der Waals surface area contributed by atoms with Crippen LogP contribution >= 0.6 is 11.6 Å². The summed E-state index contributed by atoms with van der Waals surface area (Å²) in [5.74, 6) is 0.232. The Kier molecular flexibility index (Phi) is 6.49. The van der Waals surface area contributed by atoms with Crippen LogP contribution in [0.5, 0.6) is 5.75 Å². The van der Waals surface area contributed by atoms with E-state index in [1.54, 1.807) is 7.11 Å². The summed E-state index contributed by atoms with van der Waals surface area (Å²) in [4.78, 5) is 25.7. The fraction of sp³-hybridized carbons (Fsp3) is 0.350. The summed E-state index contributed by atoms with van der Waals surface area (Å²) in [6.45, 7) is 2.16. The van der Waals surface area contributed by atoms with Crippen molar-refractivity contribution in [2.45, 2.75) is 18.9 Å². The van der Waals surface area contributed by atoms with Crippen LogP contribution in [0.25, 0.3) is 0 Å². The van der Waals surface area contributed by atoms with Crippen molar-refractivity contribution in [3.8, 4) is 5.75 Å². The lowest BCUT2D eigenvalue weighted by Gasteiger charge is -2.29. The molecule has 1 aliphatic heterocycles. The summed E-state index contributed by atoms with van der Waals surface area (Å²) in [7, 11) is 1.62. The van der Waals surface area contributed by atoms with E-state index in [0.717, 1.165) is 37.2 Å². The summed E-state index contributed by atoms with van der Waals surface area (Å²) in [6.07, 6.45) is 2.19. The molecule has 0 aliphatic carbocycles. The number of rotatable bonds is 7. The van der Waals surface area contributed by atoms with Crippen LogP contribution in [0.4, 0.5) is 5.69 Å². The molecule has 8 heteroatoms. The largest absolute Gasteiger partial charge is 0.496 e. The highest BCUT2D eigenvalue weighted by Gasteiger charge is 2.27. The van der Waals surface area contributed by atoms with Crippen LogP contribution in [-0.2, 0) is 0 Å². The molecular formula is C20H22ClN3O4. The molecule has 7 nitrogen and oxygen atoms in total. The highest BCUT2D eigenvalue weighted by Crippen LogP contribution is 2.31. The zero-order valence-corrected chi connectivity index (χ0v) is 16.3. The number of carbonyl (C=O) groups excluding carboxylic acids is 1. The van der Waals surface area contributed by atoms with Gasteiger partial charge in [-0.3, -0.25) is 19.8 Å². The van der Waals surface area contributed by atoms with Crippen LogP contribution in [0.15, 0.2) is 42.5 Å². The van der Waals surface area contributed by atoms with Gasteiger partial charge in [0, 0.05) is 23.2 Å². The average Bonchev–Trinajstić information content (AvgIpc) is 3.22. The molecule has 0 saturated carbocycles. The number of nitrogens with zero attached hydrogens (tertiary/aromatic N) is 2. The number of hydrogen-bond donors (Lipinski definition) is 1. The number of nitro benzene ring substituents is 1. The first kappa shape index (κ1) is 20.1. The second-order valence-corrected chi connectivity index (χ2v) is 7.07. The highest BCUT2D eigenvalue weighted by atomic mass is 35.5. The molecule has 2 aromatic carbocycles. The minimum Gasteiger partial charge on any atom is -0.496 e. The fourth-order valence-electron chi connectivity index (χ4n) is 3.56. The summed E-state index contributed by atoms with van der Waals surface area (Å²) >= 11 is 5.94. The summed E-state index contributed by atoms with van der Waals surface area (Å²) < 4.78 is 5.50. The Morgan fingerprint density at radius 2 is 2.00 bits per heavy atom. The number of benzene rings is 2. The number of nitrogens with one attached hydrogen (secondary N) is 1. The van der Waals surface area contributed by atoms with Gasteiger partial charge >= 0.3 is 0 Å². The van der Waals surface area contributed by atoms with E-state index in [1.165, 1.54) is 18.2 Å². The van der Waals surface area contributed by atoms with Gasteiger partial charge in [0.15, 0.2) is 0 Å². The molecule has 2 aromatic rings. The summed E-state index contributed by atoms with van der Waals surface area (Å²) in [5, 5.41) is 14.4. The van der Waals surface area contributed by atoms with E-state index in [1.807, 2.05) is 24.3 Å². The maximum Gasteiger partial charge on any atom is 0.282 e. The number of methoxy groups -OCH3 is 1. The Bertz CT molecular complexity index is 868. The number of nitro groups is 1. The minimum atomic E-state index is -0.580. The van der Waals surface area contributed by atoms with Gasteiger partial charge in [0.05, 0.1) is 18.1 Å². The lowest BCUT2D eigenvalue weighted by Crippen LogP contribution is -2.37. The topological polar surface area (TPSA) is 84.7 Å². The number of carbonyl (C=O) groups is 1. The Labute approximate surface area is 168 Å². The van der Waals surface area contributed by atoms with Crippen molar-refractivity contribution in [3.63, 3.8) is 0 Å². The predicted octanol–water partition coefficient (Wildman–Crippen LogP) is 3.82. The Hall–Kier alpha value is -2.64. The predicted molar refractivity (Wildman–Crippen MR) is 107 cm³/mol. The van der Waals surface area contributed by atoms with E-state index in [-0.39, 0.29) is 22.3 Å². The molecule has 3 rings (SSSR count). The third kappa shape index (κ3) is 4.43. The quantitative estimate of drug-likeness (QED) is 0.561. The Balaban J connectivity index is 1.84. The van der Waals surface area contributed by atoms with Crippen molar-refractivity contribution in [1.29, 1.82) is 0 Å². The Morgan fingerprint density at radius 3 is 2.68 bits per heavy atom. The molecule has 1 amide bonds. The molecule has 1 unspecified atom stereocenters. The van der Waals surface area contributed by atoms with E-state index in [4.69, 9.17) is 16.3 Å². The number of hydrogen-bond acceptors (Lipinski definition) is 5. The van der Waals surface area contributed by atoms with Gasteiger partial charge in [0.1, 0.15) is 11.3 Å². The smallest absolute Gasteiger partial charge is 0.282 e. The third-order valence-electron chi connectivity index (χ3n) is 4.94. The maximum atomic E-state index is 12.7. The lowest BCUT2D eigenvalue weighted by molar-refractivity contribution is -0.385. The van der Waals surface area contributed by atoms with Crippen molar-refractivity contribution < 1.29 is 14.5 Å². The van der Waals surface area contributed by atoms with Crippen molar-refractivity contribution in [2.75, 3.05) is 26.7 Å². The molecule has 0 aromatic heterocycles. The molecule has 0 bridgehead atoms. The molecule has 1 saturated heterocycles. The van der Waals surface area contributed by atoms with Crippen LogP contribution in [0.1, 0.15) is 34.8 Å². The first-order chi connectivity index (χ1) is 13.5. The molecule has 0 radical (unpaired) electrons. The van der Waals surface area contributed by atoms with Gasteiger partial charge < -0.3 is 10.1 Å². The molecule has 28 heavy (non-hydrogen) atoms. The molecule has 0 spiro atoms. The van der Waals surface area contributed by atoms with Gasteiger partial charge in [0.25, 0.3) is 11.6 Å². The van der Waals surface area contributed by atoms with Gasteiger partial charge in [-0.05, 0) is 44.1 Å². The molecule has 148 valence electrons. The number of amides is 1. The van der Waals surface area contributed by atoms with E-state index < -0.39 is 10.8 Å². The number of likely N-dealkylation sites (tertiary alicyclic amines) is 1. The third-order valence-corrected chi connectivity index (χ3v) is 5.17. The second kappa shape index (κ2) is 9.03. The second-order valence-electron chi connectivity index (χ2n) is 6.63. The van der Waals surface area contributed by atoms with Crippen LogP contribution in [-0.4, -0.2) is 42.5 Å². The molecule has 1 atom stereocenters. The zero-order chi connectivity index (χ0) is 20.1. The Morgan fingerprint density at radius 1 is 1.29 bits per heavy atom. The molecular weight excluding hydrogens is 382 g/mol. The van der Waals surface area contributed by atoms with E-state index in [0.29, 0.717) is 6.54 Å². The molecule has 1 fully saturated rings. The lowest BCUT2D eigenvalue weighted by atomic mass is 10.0. The van der Waals surface area contributed by atoms with Crippen molar-refractivity contribution >= 4 is 23.2 Å². The number of ether oxygens (including phenoxy) is 1. The van der Waals surface area contributed by atoms with E-state index in [2.05, 4.69) is 10.2 Å². The van der Waals surface area contributed by atoms with E-state index in [9.17, 15) is 14.9 Å². The SMILES string of the molecule is COc1ccccc1C(CNC(=O)c1cc(Cl)ccc1[N+](=O)[O-])N1CCCC1. The monoisotopic (exact) mass is 403 g/mol. The van der Waals surface area contributed by atoms with Gasteiger partial charge in [-0.25, -0.2) is 0 Å². The maximum absolute atomic E-state index is 12.7. The number of halogens is 1. The normalized spacial score (nSPS) is 15.2. The van der Waals surface area contributed by atoms with Gasteiger partial charge in [0.2, 0.25) is 0 Å². The summed E-state index contributed by atoms with van der Waals surface area (Å²) in [5.41, 5.74) is 0.669. The van der Waals surface area contributed by atoms with Crippen molar-refractivity contribution in [1.82, 2.24) is 10.2 Å². The minimum absolute atomic E-state index is 0.0438. The van der Waals surface area contributed by atoms with Gasteiger partial charge in [-0.2, -0.15) is 0 Å². The highest BCUT2D eigenvalue weighted by molar-refractivity contribution is 6.31. The van der Waals surface area contributed by atoms with Crippen LogP contribution < -0.4 is 10.1 Å². The molecule has 1 N–H and O–H groups in total. The van der Waals surface area contributed by atoms with Crippen molar-refractivity contribution in [3.05, 3.63) is 68.7 Å². The fourth-order valence-corrected chi connectivity index (χ4v) is 3.74. The van der Waals surface area contributed by atoms with Crippen LogP contribution in [0.3, 0.4) is 0 Å². The zero-order valence-electron chi connectivity index (χ0n) is 15.6. The van der Waals surface area contributed by atoms with Crippen LogP contribution in [0.2, 0.25) is 5.02 Å². The average molecular weight is 404 g/mol. The number of para-hydroxylation sites is 1. The standard InChI is InChI=1S/C20H22ClN3O4/c1-28-19-7-3-2-6-15(19)18(23-10-4-5-11-23)13-22-20(25)16-12-14(21)8-9-17(16)24(26)27/h2-3,6-9,12,18H,4-5,10-11,13H2,1H3,(H,22,25).